The maximum absolute atomic E-state index is 10.5. The molecule has 0 aromatic carbocycles. The molecule has 3 heterocycles. The first-order chi connectivity index (χ1) is 12.8. The van der Waals surface area contributed by atoms with Gasteiger partial charge in [0.15, 0.2) is 12.4 Å². The van der Waals surface area contributed by atoms with E-state index in [-0.39, 0.29) is 23.8 Å². The van der Waals surface area contributed by atoms with Crippen molar-refractivity contribution in [3.63, 3.8) is 0 Å². The van der Waals surface area contributed by atoms with E-state index in [1.807, 2.05) is 13.8 Å². The Hall–Kier alpha value is -2.66. The van der Waals surface area contributed by atoms with Crippen molar-refractivity contribution in [1.82, 2.24) is 9.97 Å². The summed E-state index contributed by atoms with van der Waals surface area (Å²) in [6.45, 7) is 5.59. The van der Waals surface area contributed by atoms with Crippen LogP contribution in [0.15, 0.2) is 41.1 Å². The van der Waals surface area contributed by atoms with Crippen LogP contribution in [0.2, 0.25) is 0 Å². The van der Waals surface area contributed by atoms with Gasteiger partial charge in [0.05, 0.1) is 22.4 Å². The monoisotopic (exact) mass is 439 g/mol. The maximum Gasteiger partial charge on any atom is 0.363 e. The van der Waals surface area contributed by atoms with Gasteiger partial charge in [0.1, 0.15) is 0 Å². The first-order valence-corrected chi connectivity index (χ1v) is 8.82. The van der Waals surface area contributed by atoms with Gasteiger partial charge in [-0.3, -0.25) is 0 Å². The quantitative estimate of drug-likeness (QED) is 0.526. The average molecular weight is 440 g/mol. The van der Waals surface area contributed by atoms with Crippen molar-refractivity contribution < 1.29 is 14.6 Å². The Bertz CT molecular complexity index is 777. The number of halogens is 1. The molecule has 0 spiro atoms. The third-order valence-electron chi connectivity index (χ3n) is 3.60. The first-order valence-electron chi connectivity index (χ1n) is 8.03. The summed E-state index contributed by atoms with van der Waals surface area (Å²) in [4.78, 5) is 29.0. The summed E-state index contributed by atoms with van der Waals surface area (Å²) >= 11 is 3.11. The van der Waals surface area contributed by atoms with E-state index in [4.69, 9.17) is 4.74 Å². The van der Waals surface area contributed by atoms with Crippen LogP contribution in [0.25, 0.3) is 0 Å². The first kappa shape index (κ1) is 20.6. The van der Waals surface area contributed by atoms with Crippen molar-refractivity contribution in [2.24, 2.45) is 0 Å². The highest BCUT2D eigenvalue weighted by Gasteiger charge is 2.23. The van der Waals surface area contributed by atoms with Crippen LogP contribution in [0.4, 0.5) is 17.3 Å². The molecule has 0 bridgehead atoms. The fourth-order valence-electron chi connectivity index (χ4n) is 2.54. The minimum Gasteiger partial charge on any atom is -0.372 e. The van der Waals surface area contributed by atoms with E-state index in [0.717, 1.165) is 23.2 Å². The Balaban J connectivity index is 0.000000223. The van der Waals surface area contributed by atoms with E-state index >= 15 is 0 Å². The summed E-state index contributed by atoms with van der Waals surface area (Å²) in [5, 5.41) is 20.5. The predicted molar refractivity (Wildman–Crippen MR) is 102 cm³/mol. The Labute approximate surface area is 163 Å². The van der Waals surface area contributed by atoms with Crippen LogP contribution in [0, 0.1) is 20.2 Å². The highest BCUT2D eigenvalue weighted by molar-refractivity contribution is 9.10. The SMILES string of the molecule is CC1CN(c2ccc([N+](=O)[O-])nc2)CC(C)O1.O=[N+]([O-])c1ccc(Br)cn1. The van der Waals surface area contributed by atoms with Crippen LogP contribution in [-0.2, 0) is 4.74 Å². The zero-order valence-corrected chi connectivity index (χ0v) is 16.3. The maximum atomic E-state index is 10.5. The van der Waals surface area contributed by atoms with E-state index in [9.17, 15) is 20.2 Å². The van der Waals surface area contributed by atoms with Crippen LogP contribution in [0.1, 0.15) is 13.8 Å². The number of rotatable bonds is 3. The third kappa shape index (κ3) is 6.22. The normalized spacial score (nSPS) is 19.0. The highest BCUT2D eigenvalue weighted by Crippen LogP contribution is 2.21. The molecule has 1 saturated heterocycles. The van der Waals surface area contributed by atoms with Crippen molar-refractivity contribution >= 4 is 33.3 Å². The minimum atomic E-state index is -0.535. The molecule has 0 N–H and O–H groups in total. The lowest BCUT2D eigenvalue weighted by atomic mass is 10.2. The van der Waals surface area contributed by atoms with E-state index in [1.54, 1.807) is 18.3 Å². The fourth-order valence-corrected chi connectivity index (χ4v) is 2.77. The average Bonchev–Trinajstić information content (AvgIpc) is 2.62. The molecule has 1 aliphatic heterocycles. The minimum absolute atomic E-state index is 0.122. The molecule has 2 atom stereocenters. The second kappa shape index (κ2) is 9.33. The van der Waals surface area contributed by atoms with Crippen molar-refractivity contribution in [2.45, 2.75) is 26.1 Å². The summed E-state index contributed by atoms with van der Waals surface area (Å²) in [7, 11) is 0. The van der Waals surface area contributed by atoms with Gasteiger partial charge in [-0.05, 0) is 61.7 Å². The van der Waals surface area contributed by atoms with Crippen molar-refractivity contribution in [3.05, 3.63) is 61.4 Å². The van der Waals surface area contributed by atoms with Crippen LogP contribution in [0.5, 0.6) is 0 Å². The van der Waals surface area contributed by atoms with E-state index in [1.165, 1.54) is 18.3 Å². The lowest BCUT2D eigenvalue weighted by molar-refractivity contribution is -0.389. The van der Waals surface area contributed by atoms with E-state index in [0.29, 0.717) is 0 Å². The lowest BCUT2D eigenvalue weighted by Gasteiger charge is -2.36. The van der Waals surface area contributed by atoms with E-state index < -0.39 is 9.85 Å². The second-order valence-electron chi connectivity index (χ2n) is 5.89. The molecule has 144 valence electrons. The Morgan fingerprint density at radius 2 is 1.52 bits per heavy atom. The number of morpholine rings is 1. The molecule has 2 aromatic heterocycles. The molecule has 1 fully saturated rings. The lowest BCUT2D eigenvalue weighted by Crippen LogP contribution is -2.45. The molecule has 10 nitrogen and oxygen atoms in total. The molecule has 11 heteroatoms. The number of nitro groups is 2. The zero-order valence-electron chi connectivity index (χ0n) is 14.7. The standard InChI is InChI=1S/C11H15N3O3.C5H3BrN2O2/c1-8-6-13(7-9(2)17-8)10-3-4-11(12-5-10)14(15)16;6-4-1-2-5(7-3-4)8(9)10/h3-5,8-9H,6-7H2,1-2H3;1-3H. The third-order valence-corrected chi connectivity index (χ3v) is 4.07. The van der Waals surface area contributed by atoms with Crippen molar-refractivity contribution in [2.75, 3.05) is 18.0 Å². The van der Waals surface area contributed by atoms with Gasteiger partial charge in [-0.1, -0.05) is 0 Å². The predicted octanol–water partition coefficient (Wildman–Crippen LogP) is 3.36. The Kier molecular flexibility index (Phi) is 7.13. The molecule has 27 heavy (non-hydrogen) atoms. The summed E-state index contributed by atoms with van der Waals surface area (Å²) in [6.07, 6.45) is 3.25. The van der Waals surface area contributed by atoms with Crippen LogP contribution < -0.4 is 4.90 Å². The van der Waals surface area contributed by atoms with Gasteiger partial charge < -0.3 is 29.9 Å². The largest absolute Gasteiger partial charge is 0.372 e. The van der Waals surface area contributed by atoms with Gasteiger partial charge >= 0.3 is 11.6 Å². The number of pyridine rings is 2. The Morgan fingerprint density at radius 3 is 1.93 bits per heavy atom. The number of ether oxygens (including phenoxy) is 1. The number of hydrogen-bond acceptors (Lipinski definition) is 8. The number of hydrogen-bond donors (Lipinski definition) is 0. The molecule has 0 amide bonds. The molecule has 3 rings (SSSR count). The van der Waals surface area contributed by atoms with Crippen LogP contribution in [-0.4, -0.2) is 45.1 Å². The smallest absolute Gasteiger partial charge is 0.363 e. The highest BCUT2D eigenvalue weighted by atomic mass is 79.9. The summed E-state index contributed by atoms with van der Waals surface area (Å²) in [6, 6.07) is 6.07. The van der Waals surface area contributed by atoms with Crippen LogP contribution >= 0.6 is 15.9 Å². The van der Waals surface area contributed by atoms with Crippen molar-refractivity contribution in [1.29, 1.82) is 0 Å². The molecular weight excluding hydrogens is 422 g/mol. The summed E-state index contributed by atoms with van der Waals surface area (Å²) in [5.74, 6) is -0.258. The molecule has 0 radical (unpaired) electrons. The zero-order chi connectivity index (χ0) is 20.0. The molecule has 2 aromatic rings. The molecule has 0 aliphatic carbocycles. The topological polar surface area (TPSA) is 125 Å². The van der Waals surface area contributed by atoms with Gasteiger partial charge in [0, 0.05) is 25.2 Å². The molecule has 2 unspecified atom stereocenters. The van der Waals surface area contributed by atoms with E-state index in [2.05, 4.69) is 30.8 Å². The van der Waals surface area contributed by atoms with Gasteiger partial charge in [0.2, 0.25) is 0 Å². The van der Waals surface area contributed by atoms with Crippen LogP contribution in [0.3, 0.4) is 0 Å². The van der Waals surface area contributed by atoms with Gasteiger partial charge in [-0.25, -0.2) is 0 Å². The molecule has 0 saturated carbocycles. The summed E-state index contributed by atoms with van der Waals surface area (Å²) in [5.41, 5.74) is 0.901. The van der Waals surface area contributed by atoms with Crippen molar-refractivity contribution in [3.8, 4) is 0 Å². The summed E-state index contributed by atoms with van der Waals surface area (Å²) < 4.78 is 6.36. The van der Waals surface area contributed by atoms with Gasteiger partial charge in [0.25, 0.3) is 0 Å². The molecule has 1 aliphatic rings. The Morgan fingerprint density at radius 1 is 1.00 bits per heavy atom. The number of aromatic nitrogens is 2. The number of nitrogens with zero attached hydrogens (tertiary/aromatic N) is 5. The van der Waals surface area contributed by atoms with Gasteiger partial charge in [-0.2, -0.15) is 0 Å². The molecular formula is C16H18BrN5O5. The second-order valence-corrected chi connectivity index (χ2v) is 6.80. The van der Waals surface area contributed by atoms with Gasteiger partial charge in [-0.15, -0.1) is 0 Å². The number of anilines is 1. The fraction of sp³-hybridized carbons (Fsp3) is 0.375.